The standard InChI is InChI=1S/C14H20N2O3/c1-10(9-19-3)8-15-14(18)16-13-6-4-5-12(7-13)11(2)17/h4-7,10H,8-9H2,1-3H3,(H2,15,16,18). The van der Waals surface area contributed by atoms with Gasteiger partial charge in [-0.2, -0.15) is 0 Å². The molecule has 1 atom stereocenters. The fourth-order valence-corrected chi connectivity index (χ4v) is 1.60. The van der Waals surface area contributed by atoms with Crippen molar-refractivity contribution in [2.75, 3.05) is 25.6 Å². The fourth-order valence-electron chi connectivity index (χ4n) is 1.60. The molecule has 0 aliphatic heterocycles. The Morgan fingerprint density at radius 2 is 2.11 bits per heavy atom. The van der Waals surface area contributed by atoms with E-state index in [0.29, 0.717) is 24.4 Å². The molecule has 0 heterocycles. The predicted molar refractivity (Wildman–Crippen MR) is 74.5 cm³/mol. The van der Waals surface area contributed by atoms with Gasteiger partial charge in [0.25, 0.3) is 0 Å². The summed E-state index contributed by atoms with van der Waals surface area (Å²) >= 11 is 0. The number of amides is 2. The van der Waals surface area contributed by atoms with Crippen LogP contribution in [0.2, 0.25) is 0 Å². The van der Waals surface area contributed by atoms with Crippen LogP contribution in [0.25, 0.3) is 0 Å². The van der Waals surface area contributed by atoms with E-state index in [1.54, 1.807) is 31.4 Å². The van der Waals surface area contributed by atoms with Gasteiger partial charge in [0.1, 0.15) is 0 Å². The monoisotopic (exact) mass is 264 g/mol. The minimum atomic E-state index is -0.288. The molecule has 0 spiro atoms. The van der Waals surface area contributed by atoms with Crippen molar-refractivity contribution in [3.8, 4) is 0 Å². The number of nitrogens with one attached hydrogen (secondary N) is 2. The van der Waals surface area contributed by atoms with E-state index in [-0.39, 0.29) is 17.7 Å². The van der Waals surface area contributed by atoms with Gasteiger partial charge in [0.15, 0.2) is 5.78 Å². The van der Waals surface area contributed by atoms with Gasteiger partial charge in [0, 0.05) is 24.9 Å². The van der Waals surface area contributed by atoms with Crippen molar-refractivity contribution in [1.29, 1.82) is 0 Å². The first-order valence-electron chi connectivity index (χ1n) is 6.17. The molecule has 0 saturated carbocycles. The molecule has 2 amide bonds. The van der Waals surface area contributed by atoms with Crippen molar-refractivity contribution >= 4 is 17.5 Å². The van der Waals surface area contributed by atoms with Gasteiger partial charge in [-0.15, -0.1) is 0 Å². The van der Waals surface area contributed by atoms with Crippen molar-refractivity contribution in [3.05, 3.63) is 29.8 Å². The van der Waals surface area contributed by atoms with E-state index in [1.807, 2.05) is 6.92 Å². The van der Waals surface area contributed by atoms with Crippen molar-refractivity contribution in [1.82, 2.24) is 5.32 Å². The number of urea groups is 1. The quantitative estimate of drug-likeness (QED) is 0.775. The zero-order valence-electron chi connectivity index (χ0n) is 11.5. The number of ether oxygens (including phenoxy) is 1. The summed E-state index contributed by atoms with van der Waals surface area (Å²) in [6.45, 7) is 4.61. The molecule has 1 unspecified atom stereocenters. The van der Waals surface area contributed by atoms with E-state index in [2.05, 4.69) is 10.6 Å². The summed E-state index contributed by atoms with van der Waals surface area (Å²) in [4.78, 5) is 22.9. The molecular formula is C14H20N2O3. The molecule has 19 heavy (non-hydrogen) atoms. The summed E-state index contributed by atoms with van der Waals surface area (Å²) in [5, 5.41) is 5.44. The fraction of sp³-hybridized carbons (Fsp3) is 0.429. The first-order valence-corrected chi connectivity index (χ1v) is 6.17. The number of carbonyl (C=O) groups excluding carboxylic acids is 2. The molecule has 0 aliphatic rings. The number of Topliss-reactive ketones (excluding diaryl/α,β-unsaturated/α-hetero) is 1. The van der Waals surface area contributed by atoms with Crippen LogP contribution in [0.5, 0.6) is 0 Å². The number of anilines is 1. The lowest BCUT2D eigenvalue weighted by molar-refractivity contribution is 0.101. The third-order valence-electron chi connectivity index (χ3n) is 2.59. The second-order valence-corrected chi connectivity index (χ2v) is 4.53. The van der Waals surface area contributed by atoms with Gasteiger partial charge in [-0.3, -0.25) is 4.79 Å². The Hall–Kier alpha value is -1.88. The topological polar surface area (TPSA) is 67.4 Å². The highest BCUT2D eigenvalue weighted by atomic mass is 16.5. The highest BCUT2D eigenvalue weighted by molar-refractivity contribution is 5.96. The second kappa shape index (κ2) is 7.53. The maximum absolute atomic E-state index is 11.7. The molecule has 1 rings (SSSR count). The molecule has 0 saturated heterocycles. The smallest absolute Gasteiger partial charge is 0.319 e. The van der Waals surface area contributed by atoms with Gasteiger partial charge in [-0.05, 0) is 25.0 Å². The van der Waals surface area contributed by atoms with Gasteiger partial charge < -0.3 is 15.4 Å². The maximum atomic E-state index is 11.7. The minimum absolute atomic E-state index is 0.0298. The van der Waals surface area contributed by atoms with Crippen molar-refractivity contribution in [2.45, 2.75) is 13.8 Å². The molecule has 0 radical (unpaired) electrons. The molecule has 0 bridgehead atoms. The lowest BCUT2D eigenvalue weighted by Gasteiger charge is -2.12. The minimum Gasteiger partial charge on any atom is -0.384 e. The molecule has 1 aromatic carbocycles. The first-order chi connectivity index (χ1) is 9.02. The first kappa shape index (κ1) is 15.2. The summed E-state index contributed by atoms with van der Waals surface area (Å²) in [6, 6.07) is 6.56. The second-order valence-electron chi connectivity index (χ2n) is 4.53. The Morgan fingerprint density at radius 1 is 1.37 bits per heavy atom. The summed E-state index contributed by atoms with van der Waals surface area (Å²) in [5.41, 5.74) is 1.18. The lowest BCUT2D eigenvalue weighted by atomic mass is 10.1. The van der Waals surface area contributed by atoms with Crippen LogP contribution in [0.15, 0.2) is 24.3 Å². The largest absolute Gasteiger partial charge is 0.384 e. The summed E-state index contributed by atoms with van der Waals surface area (Å²) in [7, 11) is 1.63. The van der Waals surface area contributed by atoms with Gasteiger partial charge in [0.2, 0.25) is 0 Å². The van der Waals surface area contributed by atoms with Gasteiger partial charge in [-0.1, -0.05) is 19.1 Å². The van der Waals surface area contributed by atoms with E-state index in [9.17, 15) is 9.59 Å². The molecule has 1 aromatic rings. The van der Waals surface area contributed by atoms with Crippen molar-refractivity contribution in [2.24, 2.45) is 5.92 Å². The zero-order chi connectivity index (χ0) is 14.3. The number of benzene rings is 1. The molecule has 0 aromatic heterocycles. The van der Waals surface area contributed by atoms with Gasteiger partial charge in [-0.25, -0.2) is 4.79 Å². The molecule has 5 nitrogen and oxygen atoms in total. The maximum Gasteiger partial charge on any atom is 0.319 e. The summed E-state index contributed by atoms with van der Waals surface area (Å²) in [6.07, 6.45) is 0. The Balaban J connectivity index is 2.48. The number of hydrogen-bond donors (Lipinski definition) is 2. The Labute approximate surface area is 113 Å². The number of methoxy groups -OCH3 is 1. The van der Waals surface area contributed by atoms with Crippen molar-refractivity contribution in [3.63, 3.8) is 0 Å². The van der Waals surface area contributed by atoms with Crippen LogP contribution < -0.4 is 10.6 Å². The lowest BCUT2D eigenvalue weighted by Crippen LogP contribution is -2.33. The van der Waals surface area contributed by atoms with Crippen LogP contribution in [-0.4, -0.2) is 32.1 Å². The molecule has 0 fully saturated rings. The number of hydrogen-bond acceptors (Lipinski definition) is 3. The van der Waals surface area contributed by atoms with Crippen LogP contribution >= 0.6 is 0 Å². The molecule has 2 N–H and O–H groups in total. The highest BCUT2D eigenvalue weighted by Gasteiger charge is 2.06. The van der Waals surface area contributed by atoms with E-state index >= 15 is 0 Å². The number of ketones is 1. The Bertz CT molecular complexity index is 446. The molecule has 5 heteroatoms. The van der Waals surface area contributed by atoms with Crippen molar-refractivity contribution < 1.29 is 14.3 Å². The Morgan fingerprint density at radius 3 is 2.74 bits per heavy atom. The predicted octanol–water partition coefficient (Wildman–Crippen LogP) is 2.29. The zero-order valence-corrected chi connectivity index (χ0v) is 11.5. The summed E-state index contributed by atoms with van der Waals surface area (Å²) < 4.78 is 4.99. The third-order valence-corrected chi connectivity index (χ3v) is 2.59. The molecule has 104 valence electrons. The van der Waals surface area contributed by atoms with E-state index in [4.69, 9.17) is 4.74 Å². The van der Waals surface area contributed by atoms with Crippen LogP contribution in [0.1, 0.15) is 24.2 Å². The van der Waals surface area contributed by atoms with Gasteiger partial charge in [0.05, 0.1) is 6.61 Å². The highest BCUT2D eigenvalue weighted by Crippen LogP contribution is 2.10. The number of rotatable bonds is 6. The van der Waals surface area contributed by atoms with E-state index in [1.165, 1.54) is 6.92 Å². The molecular weight excluding hydrogens is 244 g/mol. The SMILES string of the molecule is COCC(C)CNC(=O)Nc1cccc(C(C)=O)c1. The van der Waals surface area contributed by atoms with Crippen LogP contribution in [-0.2, 0) is 4.74 Å². The van der Waals surface area contributed by atoms with Gasteiger partial charge >= 0.3 is 6.03 Å². The molecule has 0 aliphatic carbocycles. The van der Waals surface area contributed by atoms with Crippen LogP contribution in [0.4, 0.5) is 10.5 Å². The van der Waals surface area contributed by atoms with Crippen LogP contribution in [0, 0.1) is 5.92 Å². The summed E-state index contributed by atoms with van der Waals surface area (Å²) in [5.74, 6) is 0.220. The van der Waals surface area contributed by atoms with Crippen LogP contribution in [0.3, 0.4) is 0 Å². The Kier molecular flexibility index (Phi) is 6.02. The number of carbonyl (C=O) groups is 2. The third kappa shape index (κ3) is 5.52. The van der Waals surface area contributed by atoms with E-state index in [0.717, 1.165) is 0 Å². The average molecular weight is 264 g/mol. The van der Waals surface area contributed by atoms with E-state index < -0.39 is 0 Å². The average Bonchev–Trinajstić information content (AvgIpc) is 2.37. The normalized spacial score (nSPS) is 11.7.